The molecule has 2 heterocycles. The number of hydrogen-bond acceptors (Lipinski definition) is 4. The van der Waals surface area contributed by atoms with Crippen LogP contribution in [0.5, 0.6) is 5.75 Å². The number of aromatic nitrogens is 2. The number of likely N-dealkylation sites (tertiary alicyclic amines) is 1. The molecule has 30 heavy (non-hydrogen) atoms. The first-order valence-electron chi connectivity index (χ1n) is 10.7. The lowest BCUT2D eigenvalue weighted by molar-refractivity contribution is -0.131. The molecule has 6 heteroatoms. The van der Waals surface area contributed by atoms with Crippen molar-refractivity contribution in [3.63, 3.8) is 0 Å². The van der Waals surface area contributed by atoms with Crippen molar-refractivity contribution < 1.29 is 9.53 Å². The zero-order valence-electron chi connectivity index (χ0n) is 17.9. The number of aromatic amines is 1. The third-order valence-electron chi connectivity index (χ3n) is 5.96. The van der Waals surface area contributed by atoms with Crippen LogP contribution in [0.25, 0.3) is 11.0 Å². The van der Waals surface area contributed by atoms with Gasteiger partial charge in [0.1, 0.15) is 11.6 Å². The van der Waals surface area contributed by atoms with Crippen LogP contribution in [-0.4, -0.2) is 40.5 Å². The van der Waals surface area contributed by atoms with E-state index in [2.05, 4.69) is 42.3 Å². The van der Waals surface area contributed by atoms with E-state index in [-0.39, 0.29) is 18.0 Å². The molecule has 1 saturated heterocycles. The maximum Gasteiger partial charge on any atom is 0.223 e. The monoisotopic (exact) mass is 406 g/mol. The zero-order chi connectivity index (χ0) is 21.1. The van der Waals surface area contributed by atoms with Crippen LogP contribution in [0.4, 0.5) is 0 Å². The van der Waals surface area contributed by atoms with Gasteiger partial charge in [-0.15, -0.1) is 0 Å². The number of nitrogens with one attached hydrogen (secondary N) is 2. The molecule has 1 aliphatic rings. The number of carbonyl (C=O) groups excluding carboxylic acids is 1. The van der Waals surface area contributed by atoms with E-state index < -0.39 is 0 Å². The van der Waals surface area contributed by atoms with Crippen molar-refractivity contribution in [3.8, 4) is 5.75 Å². The van der Waals surface area contributed by atoms with Gasteiger partial charge in [0.25, 0.3) is 0 Å². The topological polar surface area (TPSA) is 70.2 Å². The first-order valence-corrected chi connectivity index (χ1v) is 10.7. The average Bonchev–Trinajstić information content (AvgIpc) is 3.34. The van der Waals surface area contributed by atoms with E-state index in [0.717, 1.165) is 48.5 Å². The van der Waals surface area contributed by atoms with Crippen LogP contribution < -0.4 is 10.1 Å². The summed E-state index contributed by atoms with van der Waals surface area (Å²) in [6.07, 6.45) is 2.45. The molecule has 0 unspecified atom stereocenters. The molecule has 1 amide bonds. The van der Waals surface area contributed by atoms with Crippen LogP contribution in [0, 0.1) is 6.92 Å². The van der Waals surface area contributed by atoms with Gasteiger partial charge in [-0.2, -0.15) is 0 Å². The molecule has 158 valence electrons. The van der Waals surface area contributed by atoms with Crippen LogP contribution >= 0.6 is 0 Å². The van der Waals surface area contributed by atoms with Crippen molar-refractivity contribution in [3.05, 3.63) is 59.4 Å². The summed E-state index contributed by atoms with van der Waals surface area (Å²) in [5.74, 6) is 1.95. The number of hydrogen-bond donors (Lipinski definition) is 2. The van der Waals surface area contributed by atoms with E-state index >= 15 is 0 Å². The molecule has 6 nitrogen and oxygen atoms in total. The second-order valence-electron chi connectivity index (χ2n) is 8.13. The Morgan fingerprint density at radius 2 is 2.17 bits per heavy atom. The van der Waals surface area contributed by atoms with Crippen molar-refractivity contribution in [2.75, 3.05) is 13.7 Å². The number of benzene rings is 2. The van der Waals surface area contributed by atoms with Gasteiger partial charge in [0.2, 0.25) is 5.91 Å². The summed E-state index contributed by atoms with van der Waals surface area (Å²) in [7, 11) is 1.68. The molecule has 1 fully saturated rings. The van der Waals surface area contributed by atoms with Gasteiger partial charge < -0.3 is 19.9 Å². The van der Waals surface area contributed by atoms with E-state index in [9.17, 15) is 4.79 Å². The molecule has 1 aromatic heterocycles. The van der Waals surface area contributed by atoms with Gasteiger partial charge in [-0.1, -0.05) is 18.2 Å². The number of fused-ring (bicyclic) bond motifs is 1. The normalized spacial score (nSPS) is 17.6. The number of nitrogens with zero attached hydrogens (tertiary/aromatic N) is 2. The van der Waals surface area contributed by atoms with E-state index in [1.165, 1.54) is 11.1 Å². The Morgan fingerprint density at radius 3 is 3.00 bits per heavy atom. The van der Waals surface area contributed by atoms with Crippen LogP contribution in [0.3, 0.4) is 0 Å². The Balaban J connectivity index is 1.37. The van der Waals surface area contributed by atoms with Crippen molar-refractivity contribution in [1.29, 1.82) is 0 Å². The Kier molecular flexibility index (Phi) is 6.04. The highest BCUT2D eigenvalue weighted by Crippen LogP contribution is 2.31. The third-order valence-corrected chi connectivity index (χ3v) is 5.96. The van der Waals surface area contributed by atoms with Crippen molar-refractivity contribution in [2.45, 2.75) is 51.7 Å². The number of amides is 1. The second kappa shape index (κ2) is 8.88. The molecule has 0 bridgehead atoms. The Morgan fingerprint density at radius 1 is 1.30 bits per heavy atom. The van der Waals surface area contributed by atoms with Gasteiger partial charge in [0, 0.05) is 19.0 Å². The quantitative estimate of drug-likeness (QED) is 0.552. The van der Waals surface area contributed by atoms with Crippen LogP contribution in [0.15, 0.2) is 42.5 Å². The highest BCUT2D eigenvalue weighted by Gasteiger charge is 2.35. The number of ether oxygens (including phenoxy) is 1. The van der Waals surface area contributed by atoms with Gasteiger partial charge in [0.05, 0.1) is 24.2 Å². The fraction of sp³-hybridized carbons (Fsp3) is 0.417. The third kappa shape index (κ3) is 4.33. The molecule has 0 saturated carbocycles. The minimum absolute atomic E-state index is 0.0592. The van der Waals surface area contributed by atoms with E-state index in [1.54, 1.807) is 7.11 Å². The fourth-order valence-electron chi connectivity index (χ4n) is 4.33. The van der Waals surface area contributed by atoms with E-state index in [1.807, 2.05) is 29.2 Å². The lowest BCUT2D eigenvalue weighted by atomic mass is 10.1. The number of carbonyl (C=O) groups is 1. The maximum atomic E-state index is 12.6. The molecule has 0 aliphatic carbocycles. The van der Waals surface area contributed by atoms with Gasteiger partial charge in [0.15, 0.2) is 0 Å². The van der Waals surface area contributed by atoms with Crippen LogP contribution in [0.2, 0.25) is 0 Å². The summed E-state index contributed by atoms with van der Waals surface area (Å²) in [5, 5.41) is 3.50. The number of imidazole rings is 1. The Bertz CT molecular complexity index is 1030. The summed E-state index contributed by atoms with van der Waals surface area (Å²) in [6, 6.07) is 14.5. The fourth-order valence-corrected chi connectivity index (χ4v) is 4.33. The SMILES string of the molecule is COc1cccc(CNCC[C@H]2CCC(=O)N2[C@@H](C)c2nc3ccc(C)cc3[nH]2)c1. The van der Waals surface area contributed by atoms with Crippen molar-refractivity contribution in [1.82, 2.24) is 20.2 Å². The number of aryl methyl sites for hydroxylation is 1. The van der Waals surface area contributed by atoms with Crippen molar-refractivity contribution in [2.24, 2.45) is 0 Å². The average molecular weight is 407 g/mol. The number of rotatable bonds is 8. The molecular formula is C24H30N4O2. The molecule has 4 rings (SSSR count). The zero-order valence-corrected chi connectivity index (χ0v) is 17.9. The molecule has 1 aliphatic heterocycles. The largest absolute Gasteiger partial charge is 0.497 e. The highest BCUT2D eigenvalue weighted by atomic mass is 16.5. The lowest BCUT2D eigenvalue weighted by Crippen LogP contribution is -2.37. The van der Waals surface area contributed by atoms with Crippen LogP contribution in [-0.2, 0) is 11.3 Å². The van der Waals surface area contributed by atoms with Crippen LogP contribution in [0.1, 0.15) is 49.2 Å². The summed E-state index contributed by atoms with van der Waals surface area (Å²) in [5.41, 5.74) is 4.37. The predicted molar refractivity (Wildman–Crippen MR) is 118 cm³/mol. The number of H-pyrrole nitrogens is 1. The van der Waals surface area contributed by atoms with Gasteiger partial charge in [-0.3, -0.25) is 4.79 Å². The van der Waals surface area contributed by atoms with Gasteiger partial charge >= 0.3 is 0 Å². The molecule has 0 radical (unpaired) electrons. The first kappa shape index (κ1) is 20.4. The van der Waals surface area contributed by atoms with E-state index in [4.69, 9.17) is 9.72 Å². The summed E-state index contributed by atoms with van der Waals surface area (Å²) in [6.45, 7) is 5.79. The molecule has 0 spiro atoms. The molecule has 3 aromatic rings. The number of methoxy groups -OCH3 is 1. The van der Waals surface area contributed by atoms with E-state index in [0.29, 0.717) is 6.42 Å². The predicted octanol–water partition coefficient (Wildman–Crippen LogP) is 4.11. The lowest BCUT2D eigenvalue weighted by Gasteiger charge is -2.30. The second-order valence-corrected chi connectivity index (χ2v) is 8.13. The first-order chi connectivity index (χ1) is 14.5. The minimum atomic E-state index is -0.0592. The summed E-state index contributed by atoms with van der Waals surface area (Å²) < 4.78 is 5.28. The smallest absolute Gasteiger partial charge is 0.223 e. The Labute approximate surface area is 177 Å². The highest BCUT2D eigenvalue weighted by molar-refractivity contribution is 5.80. The molecular weight excluding hydrogens is 376 g/mol. The molecule has 2 N–H and O–H groups in total. The minimum Gasteiger partial charge on any atom is -0.497 e. The van der Waals surface area contributed by atoms with Crippen molar-refractivity contribution >= 4 is 16.9 Å². The Hall–Kier alpha value is -2.86. The standard InChI is InChI=1S/C24H30N4O2/c1-16-7-9-21-22(13-16)27-24(26-21)17(2)28-19(8-10-23(28)29)11-12-25-15-18-5-4-6-20(14-18)30-3/h4-7,9,13-14,17,19,25H,8,10-12,15H2,1-3H3,(H,26,27)/t17-,19+/m0/s1. The molecule has 2 atom stereocenters. The summed E-state index contributed by atoms with van der Waals surface area (Å²) in [4.78, 5) is 22.8. The summed E-state index contributed by atoms with van der Waals surface area (Å²) >= 11 is 0. The van der Waals surface area contributed by atoms with Gasteiger partial charge in [-0.05, 0) is 68.6 Å². The molecule has 2 aromatic carbocycles. The maximum absolute atomic E-state index is 12.6. The van der Waals surface area contributed by atoms with Gasteiger partial charge in [-0.25, -0.2) is 4.98 Å².